The van der Waals surface area contributed by atoms with Crippen molar-refractivity contribution in [2.24, 2.45) is 0 Å². The maximum Gasteiger partial charge on any atom is 0.253 e. The molecule has 6 heteroatoms. The van der Waals surface area contributed by atoms with E-state index >= 15 is 0 Å². The summed E-state index contributed by atoms with van der Waals surface area (Å²) in [5.41, 5.74) is 2.89. The van der Waals surface area contributed by atoms with E-state index < -0.39 is 0 Å². The Morgan fingerprint density at radius 3 is 2.59 bits per heavy atom. The van der Waals surface area contributed by atoms with Gasteiger partial charge in [-0.25, -0.2) is 0 Å². The van der Waals surface area contributed by atoms with E-state index in [1.807, 2.05) is 36.5 Å². The highest BCUT2D eigenvalue weighted by atomic mass is 16.5. The number of piperidine rings is 1. The summed E-state index contributed by atoms with van der Waals surface area (Å²) in [6.07, 6.45) is 7.44. The van der Waals surface area contributed by atoms with Crippen molar-refractivity contribution in [2.75, 3.05) is 50.8 Å². The zero-order valence-electron chi connectivity index (χ0n) is 16.9. The van der Waals surface area contributed by atoms with Crippen molar-refractivity contribution >= 4 is 11.6 Å². The van der Waals surface area contributed by atoms with Gasteiger partial charge in [-0.1, -0.05) is 24.6 Å². The predicted octanol–water partition coefficient (Wildman–Crippen LogP) is 2.88. The average molecular weight is 395 g/mol. The number of nitrogens with zero attached hydrogens (tertiary/aromatic N) is 3. The summed E-state index contributed by atoms with van der Waals surface area (Å²) in [6, 6.07) is 12.1. The van der Waals surface area contributed by atoms with Crippen LogP contribution in [-0.2, 0) is 4.74 Å². The summed E-state index contributed by atoms with van der Waals surface area (Å²) >= 11 is 0. The minimum absolute atomic E-state index is 0.0157. The van der Waals surface area contributed by atoms with E-state index in [9.17, 15) is 4.79 Å². The first-order valence-corrected chi connectivity index (χ1v) is 10.7. The van der Waals surface area contributed by atoms with Gasteiger partial charge in [-0.3, -0.25) is 14.7 Å². The lowest BCUT2D eigenvalue weighted by Crippen LogP contribution is -2.41. The van der Waals surface area contributed by atoms with Crippen molar-refractivity contribution in [3.05, 3.63) is 59.9 Å². The van der Waals surface area contributed by atoms with Crippen LogP contribution in [0.1, 0.15) is 41.2 Å². The van der Waals surface area contributed by atoms with E-state index in [1.54, 1.807) is 6.20 Å². The predicted molar refractivity (Wildman–Crippen MR) is 114 cm³/mol. The zero-order chi connectivity index (χ0) is 19.9. The molecule has 0 bridgehead atoms. The maximum atomic E-state index is 13.1. The molecule has 0 spiro atoms. The number of anilines is 1. The third-order valence-corrected chi connectivity index (χ3v) is 5.86. The molecule has 1 unspecified atom stereocenters. The molecule has 0 radical (unpaired) electrons. The molecule has 6 nitrogen and oxygen atoms in total. The molecule has 29 heavy (non-hydrogen) atoms. The Kier molecular flexibility index (Phi) is 6.75. The first kappa shape index (κ1) is 19.9. The summed E-state index contributed by atoms with van der Waals surface area (Å²) in [7, 11) is 0. The lowest BCUT2D eigenvalue weighted by molar-refractivity contribution is 0.0923. The van der Waals surface area contributed by atoms with Crippen molar-refractivity contribution < 1.29 is 9.53 Å². The van der Waals surface area contributed by atoms with Crippen LogP contribution in [-0.4, -0.2) is 61.7 Å². The highest BCUT2D eigenvalue weighted by molar-refractivity contribution is 5.99. The number of hydrogen-bond acceptors (Lipinski definition) is 5. The van der Waals surface area contributed by atoms with Gasteiger partial charge in [0, 0.05) is 37.7 Å². The number of aromatic nitrogens is 1. The van der Waals surface area contributed by atoms with Crippen LogP contribution in [0, 0.1) is 0 Å². The van der Waals surface area contributed by atoms with Crippen molar-refractivity contribution in [1.29, 1.82) is 0 Å². The van der Waals surface area contributed by atoms with Gasteiger partial charge in [-0.15, -0.1) is 0 Å². The SMILES string of the molecule is O=C(NCC(c1cccnc1)N1CCCCC1)c1ccccc1N1CCOCC1. The van der Waals surface area contributed by atoms with Crippen LogP contribution in [0.4, 0.5) is 5.69 Å². The standard InChI is InChI=1S/C23H30N4O2/c28-23(20-8-2-3-9-21(20)27-13-15-29-16-14-27)25-18-22(19-7-6-10-24-17-19)26-11-4-1-5-12-26/h2-3,6-10,17,22H,1,4-5,11-16,18H2,(H,25,28). The quantitative estimate of drug-likeness (QED) is 0.817. The van der Waals surface area contributed by atoms with Gasteiger partial charge in [0.2, 0.25) is 0 Å². The van der Waals surface area contributed by atoms with Crippen LogP contribution in [0.2, 0.25) is 0 Å². The molecule has 0 saturated carbocycles. The van der Waals surface area contributed by atoms with E-state index in [4.69, 9.17) is 4.74 Å². The Balaban J connectivity index is 1.48. The molecule has 4 rings (SSSR count). The number of hydrogen-bond donors (Lipinski definition) is 1. The zero-order valence-corrected chi connectivity index (χ0v) is 16.9. The molecular weight excluding hydrogens is 364 g/mol. The molecule has 2 saturated heterocycles. The molecule has 1 aromatic heterocycles. The fraction of sp³-hybridized carbons (Fsp3) is 0.478. The number of amides is 1. The monoisotopic (exact) mass is 394 g/mol. The van der Waals surface area contributed by atoms with Gasteiger partial charge in [-0.2, -0.15) is 0 Å². The van der Waals surface area contributed by atoms with Gasteiger partial charge in [0.05, 0.1) is 24.8 Å². The summed E-state index contributed by atoms with van der Waals surface area (Å²) in [5, 5.41) is 3.21. The second kappa shape index (κ2) is 9.85. The van der Waals surface area contributed by atoms with Gasteiger partial charge in [0.1, 0.15) is 0 Å². The normalized spacial score (nSPS) is 19.0. The summed E-state index contributed by atoms with van der Waals surface area (Å²) in [5.74, 6) is -0.0157. The average Bonchev–Trinajstić information content (AvgIpc) is 2.81. The number of nitrogens with one attached hydrogen (secondary N) is 1. The lowest BCUT2D eigenvalue weighted by atomic mass is 10.0. The van der Waals surface area contributed by atoms with Crippen LogP contribution >= 0.6 is 0 Å². The fourth-order valence-corrected chi connectivity index (χ4v) is 4.29. The largest absolute Gasteiger partial charge is 0.378 e. The van der Waals surface area contributed by atoms with Crippen LogP contribution < -0.4 is 10.2 Å². The smallest absolute Gasteiger partial charge is 0.253 e. The van der Waals surface area contributed by atoms with Crippen LogP contribution in [0.5, 0.6) is 0 Å². The minimum Gasteiger partial charge on any atom is -0.378 e. The van der Waals surface area contributed by atoms with Gasteiger partial charge in [-0.05, 0) is 49.7 Å². The van der Waals surface area contributed by atoms with E-state index in [2.05, 4.69) is 26.2 Å². The number of carbonyl (C=O) groups excluding carboxylic acids is 1. The van der Waals surface area contributed by atoms with Gasteiger partial charge in [0.15, 0.2) is 0 Å². The van der Waals surface area contributed by atoms with E-state index in [1.165, 1.54) is 19.3 Å². The van der Waals surface area contributed by atoms with E-state index in [-0.39, 0.29) is 11.9 Å². The summed E-state index contributed by atoms with van der Waals surface area (Å²) < 4.78 is 5.46. The Morgan fingerprint density at radius 1 is 1.03 bits per heavy atom. The molecule has 2 aliphatic rings. The van der Waals surface area contributed by atoms with E-state index in [0.717, 1.165) is 43.0 Å². The molecule has 3 heterocycles. The second-order valence-corrected chi connectivity index (χ2v) is 7.73. The number of rotatable bonds is 6. The van der Waals surface area contributed by atoms with Crippen LogP contribution in [0.3, 0.4) is 0 Å². The number of benzene rings is 1. The van der Waals surface area contributed by atoms with Crippen molar-refractivity contribution in [1.82, 2.24) is 15.2 Å². The first-order chi connectivity index (χ1) is 14.3. The molecular formula is C23H30N4O2. The lowest BCUT2D eigenvalue weighted by Gasteiger charge is -2.35. The van der Waals surface area contributed by atoms with E-state index in [0.29, 0.717) is 19.8 Å². The van der Waals surface area contributed by atoms with Crippen LogP contribution in [0.15, 0.2) is 48.8 Å². The number of pyridine rings is 1. The second-order valence-electron chi connectivity index (χ2n) is 7.73. The molecule has 2 aromatic rings. The first-order valence-electron chi connectivity index (χ1n) is 10.7. The molecule has 1 aromatic carbocycles. The Morgan fingerprint density at radius 2 is 1.83 bits per heavy atom. The number of likely N-dealkylation sites (tertiary alicyclic amines) is 1. The maximum absolute atomic E-state index is 13.1. The summed E-state index contributed by atoms with van der Waals surface area (Å²) in [6.45, 7) is 5.76. The third-order valence-electron chi connectivity index (χ3n) is 5.86. The van der Waals surface area contributed by atoms with Gasteiger partial charge < -0.3 is 15.0 Å². The number of carbonyl (C=O) groups is 1. The summed E-state index contributed by atoms with van der Waals surface area (Å²) in [4.78, 5) is 22.1. The minimum atomic E-state index is -0.0157. The van der Waals surface area contributed by atoms with Crippen molar-refractivity contribution in [2.45, 2.75) is 25.3 Å². The molecule has 2 fully saturated rings. The van der Waals surface area contributed by atoms with Crippen molar-refractivity contribution in [3.8, 4) is 0 Å². The highest BCUT2D eigenvalue weighted by Gasteiger charge is 2.24. The van der Waals surface area contributed by atoms with Crippen molar-refractivity contribution in [3.63, 3.8) is 0 Å². The molecule has 1 amide bonds. The third kappa shape index (κ3) is 4.95. The molecule has 1 N–H and O–H groups in total. The number of morpholine rings is 1. The molecule has 2 aliphatic heterocycles. The van der Waals surface area contributed by atoms with Gasteiger partial charge >= 0.3 is 0 Å². The van der Waals surface area contributed by atoms with Gasteiger partial charge in [0.25, 0.3) is 5.91 Å². The van der Waals surface area contributed by atoms with Crippen LogP contribution in [0.25, 0.3) is 0 Å². The molecule has 154 valence electrons. The Bertz CT molecular complexity index is 786. The number of ether oxygens (including phenoxy) is 1. The molecule has 0 aliphatic carbocycles. The molecule has 1 atom stereocenters. The fourth-order valence-electron chi connectivity index (χ4n) is 4.29. The topological polar surface area (TPSA) is 57.7 Å². The highest BCUT2D eigenvalue weighted by Crippen LogP contribution is 2.25. The number of para-hydroxylation sites is 1. The Labute approximate surface area is 172 Å². The Hall–Kier alpha value is -2.44.